The molecule has 0 amide bonds. The third-order valence-electron chi connectivity index (χ3n) is 4.16. The number of rotatable bonds is 4. The summed E-state index contributed by atoms with van der Waals surface area (Å²) in [6.07, 6.45) is 3.21. The van der Waals surface area contributed by atoms with Crippen molar-refractivity contribution in [3.05, 3.63) is 47.2 Å². The first-order valence-corrected chi connectivity index (χ1v) is 7.87. The lowest BCUT2D eigenvalue weighted by Crippen LogP contribution is -2.02. The van der Waals surface area contributed by atoms with Crippen molar-refractivity contribution in [2.45, 2.75) is 40.2 Å². The zero-order chi connectivity index (χ0) is 16.4. The maximum absolute atomic E-state index is 8.81. The first kappa shape index (κ1) is 15.2. The largest absolute Gasteiger partial charge is 0.309 e. The predicted molar refractivity (Wildman–Crippen MR) is 92.0 cm³/mol. The number of benzene rings is 1. The van der Waals surface area contributed by atoms with Crippen LogP contribution < -0.4 is 0 Å². The highest BCUT2D eigenvalue weighted by atomic mass is 15.1. The Morgan fingerprint density at radius 2 is 1.96 bits per heavy atom. The molecule has 1 aromatic carbocycles. The Labute approximate surface area is 136 Å². The molecular weight excluding hydrogens is 284 g/mol. The van der Waals surface area contributed by atoms with E-state index in [0.717, 1.165) is 41.1 Å². The lowest BCUT2D eigenvalue weighted by molar-refractivity contribution is 0.670. The van der Waals surface area contributed by atoms with Crippen LogP contribution in [0.25, 0.3) is 22.6 Å². The lowest BCUT2D eigenvalue weighted by atomic mass is 10.1. The number of nitriles is 1. The summed E-state index contributed by atoms with van der Waals surface area (Å²) in [5.74, 6) is 0.930. The van der Waals surface area contributed by atoms with Gasteiger partial charge in [-0.15, -0.1) is 0 Å². The van der Waals surface area contributed by atoms with Crippen LogP contribution >= 0.6 is 0 Å². The minimum Gasteiger partial charge on any atom is -0.309 e. The van der Waals surface area contributed by atoms with Gasteiger partial charge in [0.2, 0.25) is 0 Å². The van der Waals surface area contributed by atoms with Crippen LogP contribution in [0.4, 0.5) is 0 Å². The molecule has 0 aliphatic carbocycles. The molecule has 2 aromatic heterocycles. The van der Waals surface area contributed by atoms with Crippen molar-refractivity contribution in [1.29, 1.82) is 5.26 Å². The van der Waals surface area contributed by atoms with E-state index in [9.17, 15) is 0 Å². The van der Waals surface area contributed by atoms with Crippen molar-refractivity contribution < 1.29 is 0 Å². The Hall–Kier alpha value is -2.67. The molecule has 4 nitrogen and oxygen atoms in total. The summed E-state index contributed by atoms with van der Waals surface area (Å²) in [5.41, 5.74) is 6.53. The van der Waals surface area contributed by atoms with Gasteiger partial charge in [0.1, 0.15) is 11.3 Å². The van der Waals surface area contributed by atoms with E-state index in [4.69, 9.17) is 10.2 Å². The van der Waals surface area contributed by atoms with E-state index in [-0.39, 0.29) is 0 Å². The second kappa shape index (κ2) is 6.21. The minimum absolute atomic E-state index is 0.540. The maximum atomic E-state index is 8.81. The van der Waals surface area contributed by atoms with Crippen LogP contribution in [-0.4, -0.2) is 14.5 Å². The molecule has 3 rings (SSSR count). The second-order valence-electron chi connectivity index (χ2n) is 6.00. The fourth-order valence-corrected chi connectivity index (χ4v) is 2.74. The normalized spacial score (nSPS) is 10.9. The standard InChI is InChI=1S/C19H20N4/c1-13-10-17-19(21-12-13)23(9-5-4-8-20)18(22-17)16-7-6-14(2)15(3)11-16/h6-7,10-12H,4-5,9H2,1-3H3. The van der Waals surface area contributed by atoms with Crippen LogP contribution in [0.1, 0.15) is 29.5 Å². The summed E-state index contributed by atoms with van der Waals surface area (Å²) in [7, 11) is 0. The van der Waals surface area contributed by atoms with Gasteiger partial charge < -0.3 is 4.57 Å². The summed E-state index contributed by atoms with van der Waals surface area (Å²) >= 11 is 0. The Morgan fingerprint density at radius 1 is 1.13 bits per heavy atom. The summed E-state index contributed by atoms with van der Waals surface area (Å²) in [6, 6.07) is 10.7. The molecule has 0 saturated carbocycles. The predicted octanol–water partition coefficient (Wildman–Crippen LogP) is 4.33. The first-order chi connectivity index (χ1) is 11.1. The average Bonchev–Trinajstić information content (AvgIpc) is 2.88. The molecule has 3 aromatic rings. The maximum Gasteiger partial charge on any atom is 0.160 e. The van der Waals surface area contributed by atoms with Gasteiger partial charge in [0.15, 0.2) is 5.65 Å². The molecule has 0 saturated heterocycles. The summed E-state index contributed by atoms with van der Waals surface area (Å²) < 4.78 is 2.14. The molecule has 0 atom stereocenters. The third kappa shape index (κ3) is 2.95. The molecule has 4 heteroatoms. The summed E-state index contributed by atoms with van der Waals surface area (Å²) in [4.78, 5) is 9.37. The lowest BCUT2D eigenvalue weighted by Gasteiger charge is -2.09. The fraction of sp³-hybridized carbons (Fsp3) is 0.316. The van der Waals surface area contributed by atoms with E-state index in [2.05, 4.69) is 53.7 Å². The number of aryl methyl sites for hydroxylation is 4. The van der Waals surface area contributed by atoms with Crippen LogP contribution in [0, 0.1) is 32.1 Å². The second-order valence-corrected chi connectivity index (χ2v) is 6.00. The van der Waals surface area contributed by atoms with E-state index in [1.165, 1.54) is 11.1 Å². The van der Waals surface area contributed by atoms with Gasteiger partial charge in [-0.2, -0.15) is 5.26 Å². The number of fused-ring (bicyclic) bond motifs is 1. The van der Waals surface area contributed by atoms with Crippen LogP contribution in [0.2, 0.25) is 0 Å². The van der Waals surface area contributed by atoms with Crippen LogP contribution in [0.15, 0.2) is 30.5 Å². The highest BCUT2D eigenvalue weighted by molar-refractivity contribution is 5.77. The molecule has 0 aliphatic rings. The van der Waals surface area contributed by atoms with Gasteiger partial charge in [-0.3, -0.25) is 0 Å². The van der Waals surface area contributed by atoms with E-state index in [0.29, 0.717) is 6.42 Å². The van der Waals surface area contributed by atoms with Crippen molar-refractivity contribution in [2.75, 3.05) is 0 Å². The van der Waals surface area contributed by atoms with E-state index in [1.807, 2.05) is 13.1 Å². The van der Waals surface area contributed by atoms with Gasteiger partial charge in [0, 0.05) is 24.7 Å². The van der Waals surface area contributed by atoms with E-state index < -0.39 is 0 Å². The van der Waals surface area contributed by atoms with Crippen molar-refractivity contribution in [3.63, 3.8) is 0 Å². The zero-order valence-corrected chi connectivity index (χ0v) is 13.8. The number of aromatic nitrogens is 3. The molecule has 2 heterocycles. The van der Waals surface area contributed by atoms with Gasteiger partial charge in [0.25, 0.3) is 0 Å². The highest BCUT2D eigenvalue weighted by Crippen LogP contribution is 2.26. The quantitative estimate of drug-likeness (QED) is 0.674. The van der Waals surface area contributed by atoms with Crippen molar-refractivity contribution in [2.24, 2.45) is 0 Å². The summed E-state index contributed by atoms with van der Waals surface area (Å²) in [6.45, 7) is 7.00. The molecule has 0 fully saturated rings. The fourth-order valence-electron chi connectivity index (χ4n) is 2.74. The molecule has 23 heavy (non-hydrogen) atoms. The Balaban J connectivity index is 2.15. The number of pyridine rings is 1. The SMILES string of the molecule is Cc1cnc2c(c1)nc(-c1ccc(C)c(C)c1)n2CCCC#N. The molecule has 0 bridgehead atoms. The zero-order valence-electron chi connectivity index (χ0n) is 13.8. The van der Waals surface area contributed by atoms with Crippen molar-refractivity contribution in [1.82, 2.24) is 14.5 Å². The number of hydrogen-bond donors (Lipinski definition) is 0. The monoisotopic (exact) mass is 304 g/mol. The van der Waals surface area contributed by atoms with Gasteiger partial charge in [-0.05, 0) is 56.0 Å². The molecular formula is C19H20N4. The van der Waals surface area contributed by atoms with Crippen molar-refractivity contribution in [3.8, 4) is 17.5 Å². The van der Waals surface area contributed by atoms with Gasteiger partial charge in [-0.25, -0.2) is 9.97 Å². The molecule has 0 radical (unpaired) electrons. The first-order valence-electron chi connectivity index (χ1n) is 7.87. The number of imidazole rings is 1. The Kier molecular flexibility index (Phi) is 4.12. The molecule has 0 spiro atoms. The molecule has 0 aliphatic heterocycles. The third-order valence-corrected chi connectivity index (χ3v) is 4.16. The topological polar surface area (TPSA) is 54.5 Å². The van der Waals surface area contributed by atoms with Gasteiger partial charge in [-0.1, -0.05) is 12.1 Å². The van der Waals surface area contributed by atoms with Crippen LogP contribution in [0.5, 0.6) is 0 Å². The Bertz CT molecular complexity index is 900. The number of hydrogen-bond acceptors (Lipinski definition) is 3. The Morgan fingerprint density at radius 3 is 2.70 bits per heavy atom. The van der Waals surface area contributed by atoms with E-state index >= 15 is 0 Å². The summed E-state index contributed by atoms with van der Waals surface area (Å²) in [5, 5.41) is 8.81. The van der Waals surface area contributed by atoms with E-state index in [1.54, 1.807) is 0 Å². The highest BCUT2D eigenvalue weighted by Gasteiger charge is 2.14. The van der Waals surface area contributed by atoms with Gasteiger partial charge in [0.05, 0.1) is 6.07 Å². The number of unbranched alkanes of at least 4 members (excludes halogenated alkanes) is 1. The van der Waals surface area contributed by atoms with Crippen molar-refractivity contribution >= 4 is 11.2 Å². The average molecular weight is 304 g/mol. The smallest absolute Gasteiger partial charge is 0.160 e. The minimum atomic E-state index is 0.540. The van der Waals surface area contributed by atoms with Crippen LogP contribution in [-0.2, 0) is 6.54 Å². The molecule has 116 valence electrons. The molecule has 0 unspecified atom stereocenters. The van der Waals surface area contributed by atoms with Crippen LogP contribution in [0.3, 0.4) is 0 Å². The number of nitrogens with zero attached hydrogens (tertiary/aromatic N) is 4. The van der Waals surface area contributed by atoms with Gasteiger partial charge >= 0.3 is 0 Å². The molecule has 0 N–H and O–H groups in total.